The number of nitrogens with zero attached hydrogens (tertiary/aromatic N) is 8. The average Bonchev–Trinajstić information content (AvgIpc) is 3.58. The fourth-order valence-corrected chi connectivity index (χ4v) is 3.95. The Hall–Kier alpha value is -5.12. The van der Waals surface area contributed by atoms with Gasteiger partial charge in [-0.2, -0.15) is 15.0 Å². The highest BCUT2D eigenvalue weighted by Gasteiger charge is 2.10. The van der Waals surface area contributed by atoms with Gasteiger partial charge in [0.1, 0.15) is 35.8 Å². The zero-order valence-corrected chi connectivity index (χ0v) is 20.1. The quantitative estimate of drug-likeness (QED) is 0.339. The van der Waals surface area contributed by atoms with E-state index in [1.807, 2.05) is 60.1 Å². The number of nitrogens with one attached hydrogen (secondary N) is 1. The second-order valence-corrected chi connectivity index (χ2v) is 8.44. The van der Waals surface area contributed by atoms with Crippen LogP contribution in [-0.4, -0.2) is 39.3 Å². The van der Waals surface area contributed by atoms with E-state index in [1.54, 1.807) is 35.9 Å². The van der Waals surface area contributed by atoms with E-state index in [4.69, 9.17) is 4.74 Å². The van der Waals surface area contributed by atoms with Crippen molar-refractivity contribution in [2.24, 2.45) is 7.05 Å². The lowest BCUT2D eigenvalue weighted by atomic mass is 10.1. The lowest BCUT2D eigenvalue weighted by Crippen LogP contribution is -2.02. The Morgan fingerprint density at radius 1 is 0.892 bits per heavy atom. The number of rotatable bonds is 8. The lowest BCUT2D eigenvalue weighted by Gasteiger charge is -2.09. The highest BCUT2D eigenvalue weighted by molar-refractivity contribution is 5.63. The molecule has 6 aromatic rings. The van der Waals surface area contributed by atoms with Gasteiger partial charge in [0, 0.05) is 55.4 Å². The molecule has 0 aliphatic heterocycles. The van der Waals surface area contributed by atoms with Crippen molar-refractivity contribution in [2.45, 2.75) is 13.2 Å². The van der Waals surface area contributed by atoms with Crippen molar-refractivity contribution in [3.05, 3.63) is 103 Å². The molecule has 1 aromatic carbocycles. The Morgan fingerprint density at radius 2 is 1.81 bits per heavy atom. The van der Waals surface area contributed by atoms with Crippen molar-refractivity contribution < 1.29 is 4.74 Å². The van der Waals surface area contributed by atoms with E-state index in [9.17, 15) is 0 Å². The molecule has 6 rings (SSSR count). The maximum Gasteiger partial charge on any atom is 0.140 e. The number of imidazole rings is 1. The van der Waals surface area contributed by atoms with Gasteiger partial charge in [0.15, 0.2) is 0 Å². The minimum atomic E-state index is 0.446. The summed E-state index contributed by atoms with van der Waals surface area (Å²) >= 11 is 0. The molecule has 0 aliphatic rings. The molecule has 10 nitrogen and oxygen atoms in total. The van der Waals surface area contributed by atoms with Gasteiger partial charge < -0.3 is 10.1 Å². The van der Waals surface area contributed by atoms with Crippen LogP contribution in [0, 0.1) is 0 Å². The van der Waals surface area contributed by atoms with Crippen molar-refractivity contribution in [1.29, 1.82) is 0 Å². The van der Waals surface area contributed by atoms with Gasteiger partial charge in [-0.25, -0.2) is 15.0 Å². The molecule has 10 heteroatoms. The van der Waals surface area contributed by atoms with E-state index in [0.29, 0.717) is 13.2 Å². The van der Waals surface area contributed by atoms with E-state index in [-0.39, 0.29) is 0 Å². The zero-order valence-electron chi connectivity index (χ0n) is 20.1. The number of ether oxygens (including phenoxy) is 1. The smallest absolute Gasteiger partial charge is 0.140 e. The molecule has 5 aromatic heterocycles. The van der Waals surface area contributed by atoms with Crippen LogP contribution in [0.5, 0.6) is 5.75 Å². The first-order chi connectivity index (χ1) is 18.2. The van der Waals surface area contributed by atoms with Crippen LogP contribution in [0.3, 0.4) is 0 Å². The Bertz CT molecular complexity index is 1640. The molecule has 0 spiro atoms. The first-order valence-corrected chi connectivity index (χ1v) is 11.7. The fraction of sp³-hybridized carbons (Fsp3) is 0.111. The molecular weight excluding hydrogens is 466 g/mol. The van der Waals surface area contributed by atoms with Crippen LogP contribution in [0.1, 0.15) is 11.1 Å². The standard InChI is InChI=1S/C27H23N9O/c1-35-33-15-24(34-35)21-6-4-19(5-7-21)14-29-26-12-23(31-18-32-26)25-16-30-27-11-22(8-10-36(25)27)37-17-20-3-2-9-28-13-20/h2-13,15-16,18H,14,17H2,1H3,(H,29,31,32). The normalized spacial score (nSPS) is 11.1. The molecule has 0 saturated heterocycles. The van der Waals surface area contributed by atoms with Crippen LogP contribution in [0.2, 0.25) is 0 Å². The van der Waals surface area contributed by atoms with Crippen LogP contribution >= 0.6 is 0 Å². The average molecular weight is 490 g/mol. The molecule has 0 saturated carbocycles. The Morgan fingerprint density at radius 3 is 2.62 bits per heavy atom. The van der Waals surface area contributed by atoms with E-state index >= 15 is 0 Å². The van der Waals surface area contributed by atoms with E-state index < -0.39 is 0 Å². The van der Waals surface area contributed by atoms with Gasteiger partial charge in [-0.3, -0.25) is 9.38 Å². The summed E-state index contributed by atoms with van der Waals surface area (Å²) in [7, 11) is 1.81. The van der Waals surface area contributed by atoms with Gasteiger partial charge >= 0.3 is 0 Å². The fourth-order valence-electron chi connectivity index (χ4n) is 3.95. The summed E-state index contributed by atoms with van der Waals surface area (Å²) in [5, 5.41) is 11.8. The van der Waals surface area contributed by atoms with E-state index in [1.165, 1.54) is 0 Å². The Labute approximate surface area is 212 Å². The second-order valence-electron chi connectivity index (χ2n) is 8.44. The number of pyridine rings is 2. The van der Waals surface area contributed by atoms with Crippen LogP contribution in [0.15, 0.2) is 91.9 Å². The largest absolute Gasteiger partial charge is 0.489 e. The molecule has 0 bridgehead atoms. The summed E-state index contributed by atoms with van der Waals surface area (Å²) in [5.41, 5.74) is 6.42. The SMILES string of the molecule is Cn1ncc(-c2ccc(CNc3cc(-c4cnc5cc(OCc6cccnc6)ccn45)ncn3)cc2)n1. The van der Waals surface area contributed by atoms with E-state index in [2.05, 4.69) is 47.6 Å². The number of hydrogen-bond donors (Lipinski definition) is 1. The second kappa shape index (κ2) is 9.86. The molecule has 0 atom stereocenters. The van der Waals surface area contributed by atoms with Gasteiger partial charge in [0.25, 0.3) is 0 Å². The first-order valence-electron chi connectivity index (χ1n) is 11.7. The zero-order chi connectivity index (χ0) is 25.0. The van der Waals surface area contributed by atoms with Crippen molar-refractivity contribution in [3.63, 3.8) is 0 Å². The molecule has 0 amide bonds. The summed E-state index contributed by atoms with van der Waals surface area (Å²) in [4.78, 5) is 19.1. The molecule has 0 unspecified atom stereocenters. The number of anilines is 1. The monoisotopic (exact) mass is 489 g/mol. The van der Waals surface area contributed by atoms with Crippen LogP contribution in [0.4, 0.5) is 5.82 Å². The maximum absolute atomic E-state index is 5.91. The summed E-state index contributed by atoms with van der Waals surface area (Å²) in [6.45, 7) is 1.07. The Balaban J connectivity index is 1.14. The molecule has 37 heavy (non-hydrogen) atoms. The molecule has 182 valence electrons. The number of aromatic nitrogens is 8. The summed E-state index contributed by atoms with van der Waals surface area (Å²) < 4.78 is 7.89. The van der Waals surface area contributed by atoms with Gasteiger partial charge in [-0.15, -0.1) is 0 Å². The van der Waals surface area contributed by atoms with Crippen molar-refractivity contribution in [2.75, 3.05) is 5.32 Å². The third-order valence-corrected chi connectivity index (χ3v) is 5.87. The molecule has 0 fully saturated rings. The number of aryl methyl sites for hydroxylation is 1. The van der Waals surface area contributed by atoms with E-state index in [0.717, 1.165) is 51.0 Å². The topological polar surface area (TPSA) is 108 Å². The Kier molecular flexibility index (Phi) is 5.96. The minimum absolute atomic E-state index is 0.446. The number of fused-ring (bicyclic) bond motifs is 1. The first kappa shape index (κ1) is 22.4. The number of hydrogen-bond acceptors (Lipinski definition) is 8. The summed E-state index contributed by atoms with van der Waals surface area (Å²) in [6, 6.07) is 17.8. The summed E-state index contributed by atoms with van der Waals surface area (Å²) in [6.07, 6.45) is 10.6. The predicted molar refractivity (Wildman–Crippen MR) is 139 cm³/mol. The molecular formula is C27H23N9O. The molecule has 0 radical (unpaired) electrons. The molecule has 0 aliphatic carbocycles. The van der Waals surface area contributed by atoms with Crippen LogP contribution < -0.4 is 10.1 Å². The molecule has 1 N–H and O–H groups in total. The maximum atomic E-state index is 5.91. The van der Waals surface area contributed by atoms with Crippen molar-refractivity contribution >= 4 is 11.5 Å². The summed E-state index contributed by atoms with van der Waals surface area (Å²) in [5.74, 6) is 1.47. The lowest BCUT2D eigenvalue weighted by molar-refractivity contribution is 0.305. The van der Waals surface area contributed by atoms with Gasteiger partial charge in [-0.05, 0) is 17.7 Å². The van der Waals surface area contributed by atoms with Gasteiger partial charge in [0.2, 0.25) is 0 Å². The third kappa shape index (κ3) is 4.98. The van der Waals surface area contributed by atoms with Crippen molar-refractivity contribution in [3.8, 4) is 28.4 Å². The van der Waals surface area contributed by atoms with Crippen LogP contribution in [-0.2, 0) is 20.2 Å². The predicted octanol–water partition coefficient (Wildman–Crippen LogP) is 4.17. The van der Waals surface area contributed by atoms with Crippen molar-refractivity contribution in [1.82, 2.24) is 39.3 Å². The minimum Gasteiger partial charge on any atom is -0.489 e. The number of benzene rings is 1. The highest BCUT2D eigenvalue weighted by atomic mass is 16.5. The third-order valence-electron chi connectivity index (χ3n) is 5.87. The van der Waals surface area contributed by atoms with Gasteiger partial charge in [-0.1, -0.05) is 30.3 Å². The highest BCUT2D eigenvalue weighted by Crippen LogP contribution is 2.24. The van der Waals surface area contributed by atoms with Crippen LogP contribution in [0.25, 0.3) is 28.3 Å². The van der Waals surface area contributed by atoms with Gasteiger partial charge in [0.05, 0.1) is 23.8 Å². The molecule has 5 heterocycles.